The first kappa shape index (κ1) is 25.8. The van der Waals surface area contributed by atoms with Gasteiger partial charge in [0.15, 0.2) is 5.96 Å². The van der Waals surface area contributed by atoms with E-state index in [0.29, 0.717) is 37.1 Å². The van der Waals surface area contributed by atoms with Gasteiger partial charge in [-0.25, -0.2) is 4.99 Å². The summed E-state index contributed by atoms with van der Waals surface area (Å²) in [5, 5.41) is 6.40. The second-order valence-corrected chi connectivity index (χ2v) is 6.77. The van der Waals surface area contributed by atoms with Crippen molar-refractivity contribution < 1.29 is 23.0 Å². The molecule has 1 aromatic rings. The molecule has 1 aliphatic rings. The summed E-state index contributed by atoms with van der Waals surface area (Å²) in [6.07, 6.45) is 1.92. The summed E-state index contributed by atoms with van der Waals surface area (Å²) in [5.74, 6) is 1.31. The van der Waals surface area contributed by atoms with E-state index in [9.17, 15) is 8.78 Å². The number of benzene rings is 1. The summed E-state index contributed by atoms with van der Waals surface area (Å²) in [4.78, 5) is 4.49. The normalized spacial score (nSPS) is 16.6. The van der Waals surface area contributed by atoms with E-state index in [1.165, 1.54) is 0 Å². The van der Waals surface area contributed by atoms with Crippen LogP contribution in [-0.2, 0) is 16.0 Å². The van der Waals surface area contributed by atoms with Gasteiger partial charge in [-0.2, -0.15) is 8.78 Å². The molecular weight excluding hydrogens is 495 g/mol. The highest BCUT2D eigenvalue weighted by atomic mass is 127. The molecule has 0 aromatic heterocycles. The molecule has 0 saturated carbocycles. The first-order valence-corrected chi connectivity index (χ1v) is 9.80. The smallest absolute Gasteiger partial charge is 0.387 e. The Morgan fingerprint density at radius 2 is 2.17 bits per heavy atom. The Labute approximate surface area is 188 Å². The van der Waals surface area contributed by atoms with Crippen LogP contribution in [0.2, 0.25) is 0 Å². The molecule has 6 nitrogen and oxygen atoms in total. The standard InChI is InChI=1S/C20H31F2N3O3.HI/c1-3-23-20(24-8-4-9-26-13-16-7-10-27-14-16)25-12-17-11-15(2)5-6-18(17)28-19(21)22;/h5-6,11,16,19H,3-4,7-10,12-14H2,1-2H3,(H2,23,24,25);1H. The molecule has 1 atom stereocenters. The average molecular weight is 527 g/mol. The van der Waals surface area contributed by atoms with Crippen molar-refractivity contribution in [2.45, 2.75) is 39.8 Å². The molecule has 9 heteroatoms. The second kappa shape index (κ2) is 14.7. The van der Waals surface area contributed by atoms with E-state index in [0.717, 1.165) is 38.2 Å². The van der Waals surface area contributed by atoms with Gasteiger partial charge >= 0.3 is 6.61 Å². The monoisotopic (exact) mass is 527 g/mol. The van der Waals surface area contributed by atoms with Crippen LogP contribution in [0.4, 0.5) is 8.78 Å². The minimum atomic E-state index is -2.85. The Kier molecular flexibility index (Phi) is 13.1. The second-order valence-electron chi connectivity index (χ2n) is 6.77. The number of halogens is 3. The number of hydrogen-bond donors (Lipinski definition) is 2. The van der Waals surface area contributed by atoms with E-state index in [4.69, 9.17) is 9.47 Å². The fraction of sp³-hybridized carbons (Fsp3) is 0.650. The molecule has 2 rings (SSSR count). The molecule has 1 heterocycles. The molecule has 29 heavy (non-hydrogen) atoms. The van der Waals surface area contributed by atoms with Gasteiger partial charge in [0.05, 0.1) is 19.8 Å². The van der Waals surface area contributed by atoms with Gasteiger partial charge in [0, 0.05) is 37.8 Å². The zero-order valence-electron chi connectivity index (χ0n) is 17.1. The predicted molar refractivity (Wildman–Crippen MR) is 120 cm³/mol. The third-order valence-corrected chi connectivity index (χ3v) is 4.32. The van der Waals surface area contributed by atoms with Gasteiger partial charge in [0.25, 0.3) is 0 Å². The molecular formula is C20H32F2IN3O3. The minimum Gasteiger partial charge on any atom is -0.434 e. The van der Waals surface area contributed by atoms with Crippen molar-refractivity contribution in [3.63, 3.8) is 0 Å². The van der Waals surface area contributed by atoms with Crippen molar-refractivity contribution in [2.75, 3.05) is 39.5 Å². The highest BCUT2D eigenvalue weighted by Gasteiger charge is 2.15. The van der Waals surface area contributed by atoms with Crippen LogP contribution in [0.25, 0.3) is 0 Å². The molecule has 1 fully saturated rings. The fourth-order valence-corrected chi connectivity index (χ4v) is 2.89. The van der Waals surface area contributed by atoms with Crippen molar-refractivity contribution in [3.05, 3.63) is 29.3 Å². The van der Waals surface area contributed by atoms with Crippen molar-refractivity contribution in [2.24, 2.45) is 10.9 Å². The Bertz CT molecular complexity index is 615. The zero-order chi connectivity index (χ0) is 20.2. The van der Waals surface area contributed by atoms with Gasteiger partial charge in [-0.15, -0.1) is 24.0 Å². The lowest BCUT2D eigenvalue weighted by Crippen LogP contribution is -2.38. The van der Waals surface area contributed by atoms with Crippen LogP contribution in [0.15, 0.2) is 23.2 Å². The number of ether oxygens (including phenoxy) is 3. The first-order valence-electron chi connectivity index (χ1n) is 9.80. The van der Waals surface area contributed by atoms with Gasteiger partial charge in [-0.05, 0) is 32.8 Å². The molecule has 0 amide bonds. The van der Waals surface area contributed by atoms with E-state index in [-0.39, 0.29) is 36.3 Å². The van der Waals surface area contributed by atoms with Crippen LogP contribution in [0.3, 0.4) is 0 Å². The van der Waals surface area contributed by atoms with Crippen LogP contribution in [0.5, 0.6) is 5.75 Å². The average Bonchev–Trinajstić information content (AvgIpc) is 3.17. The lowest BCUT2D eigenvalue weighted by molar-refractivity contribution is -0.0504. The van der Waals surface area contributed by atoms with Gasteiger partial charge in [0.2, 0.25) is 0 Å². The largest absolute Gasteiger partial charge is 0.434 e. The topological polar surface area (TPSA) is 64.1 Å². The number of hydrogen-bond acceptors (Lipinski definition) is 4. The lowest BCUT2D eigenvalue weighted by atomic mass is 10.1. The van der Waals surface area contributed by atoms with Crippen molar-refractivity contribution in [1.82, 2.24) is 10.6 Å². The van der Waals surface area contributed by atoms with Gasteiger partial charge < -0.3 is 24.8 Å². The Morgan fingerprint density at radius 3 is 2.86 bits per heavy atom. The Balaban J connectivity index is 0.00000420. The van der Waals surface area contributed by atoms with E-state index < -0.39 is 6.61 Å². The van der Waals surface area contributed by atoms with Crippen molar-refractivity contribution in [1.29, 1.82) is 0 Å². The number of nitrogens with one attached hydrogen (secondary N) is 2. The van der Waals surface area contributed by atoms with E-state index >= 15 is 0 Å². The molecule has 1 unspecified atom stereocenters. The summed E-state index contributed by atoms with van der Waals surface area (Å²) >= 11 is 0. The van der Waals surface area contributed by atoms with Crippen LogP contribution in [-0.4, -0.2) is 52.1 Å². The summed E-state index contributed by atoms with van der Waals surface area (Å²) in [6.45, 7) is 5.74. The third-order valence-electron chi connectivity index (χ3n) is 4.32. The first-order chi connectivity index (χ1) is 13.6. The minimum absolute atomic E-state index is 0. The number of rotatable bonds is 11. The van der Waals surface area contributed by atoms with Crippen LogP contribution < -0.4 is 15.4 Å². The summed E-state index contributed by atoms with van der Waals surface area (Å²) < 4.78 is 40.8. The van der Waals surface area contributed by atoms with Crippen molar-refractivity contribution >= 4 is 29.9 Å². The molecule has 0 bridgehead atoms. The SMILES string of the molecule is CCNC(=NCc1cc(C)ccc1OC(F)F)NCCCOCC1CCOC1.I. The number of alkyl halides is 2. The highest BCUT2D eigenvalue weighted by molar-refractivity contribution is 14.0. The van der Waals surface area contributed by atoms with E-state index in [1.54, 1.807) is 12.1 Å². The zero-order valence-corrected chi connectivity index (χ0v) is 19.4. The third kappa shape index (κ3) is 10.4. The maximum absolute atomic E-state index is 12.6. The predicted octanol–water partition coefficient (Wildman–Crippen LogP) is 3.71. The Hall–Kier alpha value is -1.20. The van der Waals surface area contributed by atoms with E-state index in [1.807, 2.05) is 19.9 Å². The molecule has 0 aliphatic carbocycles. The maximum Gasteiger partial charge on any atom is 0.387 e. The summed E-state index contributed by atoms with van der Waals surface area (Å²) in [5.41, 5.74) is 1.59. The number of guanidine groups is 1. The lowest BCUT2D eigenvalue weighted by Gasteiger charge is -2.14. The summed E-state index contributed by atoms with van der Waals surface area (Å²) in [7, 11) is 0. The Morgan fingerprint density at radius 1 is 1.34 bits per heavy atom. The molecule has 2 N–H and O–H groups in total. The fourth-order valence-electron chi connectivity index (χ4n) is 2.89. The number of aryl methyl sites for hydroxylation is 1. The summed E-state index contributed by atoms with van der Waals surface area (Å²) in [6, 6.07) is 5.11. The van der Waals surface area contributed by atoms with Crippen molar-refractivity contribution in [3.8, 4) is 5.75 Å². The maximum atomic E-state index is 12.6. The van der Waals surface area contributed by atoms with Gasteiger partial charge in [0.1, 0.15) is 5.75 Å². The van der Waals surface area contributed by atoms with Crippen LogP contribution in [0, 0.1) is 12.8 Å². The molecule has 1 aromatic carbocycles. The molecule has 0 spiro atoms. The highest BCUT2D eigenvalue weighted by Crippen LogP contribution is 2.22. The van der Waals surface area contributed by atoms with Gasteiger partial charge in [-0.3, -0.25) is 0 Å². The number of nitrogens with zero attached hydrogens (tertiary/aromatic N) is 1. The van der Waals surface area contributed by atoms with Crippen LogP contribution in [0.1, 0.15) is 30.9 Å². The molecule has 1 saturated heterocycles. The van der Waals surface area contributed by atoms with E-state index in [2.05, 4.69) is 20.4 Å². The quantitative estimate of drug-likeness (QED) is 0.199. The molecule has 1 aliphatic heterocycles. The van der Waals surface area contributed by atoms with Gasteiger partial charge in [-0.1, -0.05) is 17.7 Å². The van der Waals surface area contributed by atoms with Crippen LogP contribution >= 0.6 is 24.0 Å². The number of aliphatic imine (C=N–C) groups is 1. The molecule has 166 valence electrons. The molecule has 0 radical (unpaired) electrons.